The summed E-state index contributed by atoms with van der Waals surface area (Å²) < 4.78 is 203. The number of azo groups is 1. The Morgan fingerprint density at radius 1 is 0.754 bits per heavy atom. The fourth-order valence-electron chi connectivity index (χ4n) is 5.21. The summed E-state index contributed by atoms with van der Waals surface area (Å²) in [7, 11) is -24.9. The molecule has 5 rings (SSSR count). The Morgan fingerprint density at radius 2 is 1.41 bits per heavy atom. The van der Waals surface area contributed by atoms with Crippen LogP contribution in [0.4, 0.5) is 33.3 Å². The third kappa shape index (κ3) is 11.7. The third-order valence-electron chi connectivity index (χ3n) is 7.74. The number of nitrogens with zero attached hydrogens (tertiary/aromatic N) is 6. The number of phenolic OH excluding ortho intramolecular Hbond substituents is 1. The molecule has 0 saturated heterocycles. The SMILES string of the molecule is CN(CCS(=O)OCCOS(=O)(=O)O)c1nc(F)nc(Nc2ccc3c(O)c(N=Nc4ccc5c(S(=O)(=O)O)cc(S(=O)(=O)O)cc5c4S(=O)(=O)O)c(S(=O)(=O)O)cc3c2)n1. The maximum Gasteiger partial charge on any atom is 0.397 e. The molecule has 0 fully saturated rings. The van der Waals surface area contributed by atoms with Gasteiger partial charge in [0, 0.05) is 35.4 Å². The van der Waals surface area contributed by atoms with Gasteiger partial charge >= 0.3 is 16.5 Å². The zero-order chi connectivity index (χ0) is 45.5. The summed E-state index contributed by atoms with van der Waals surface area (Å²) in [5.41, 5.74) is -1.94. The van der Waals surface area contributed by atoms with E-state index in [0.29, 0.717) is 18.2 Å². The minimum Gasteiger partial charge on any atom is -0.505 e. The average molecular weight is 976 g/mol. The summed E-state index contributed by atoms with van der Waals surface area (Å²) in [6.07, 6.45) is -1.29. The van der Waals surface area contributed by atoms with Crippen molar-refractivity contribution < 1.29 is 86.9 Å². The van der Waals surface area contributed by atoms with Gasteiger partial charge in [-0.05, 0) is 47.9 Å². The van der Waals surface area contributed by atoms with E-state index in [2.05, 4.69) is 34.7 Å². The van der Waals surface area contributed by atoms with Gasteiger partial charge in [0.15, 0.2) is 16.8 Å². The highest BCUT2D eigenvalue weighted by atomic mass is 32.3. The lowest BCUT2D eigenvalue weighted by Gasteiger charge is -2.17. The van der Waals surface area contributed by atoms with Crippen molar-refractivity contribution in [3.8, 4) is 5.75 Å². The van der Waals surface area contributed by atoms with Crippen LogP contribution in [0.25, 0.3) is 21.5 Å². The van der Waals surface area contributed by atoms with Crippen molar-refractivity contribution in [3.05, 3.63) is 54.6 Å². The zero-order valence-electron chi connectivity index (χ0n) is 29.9. The quantitative estimate of drug-likeness (QED) is 0.0398. The summed E-state index contributed by atoms with van der Waals surface area (Å²) in [5.74, 6) is -1.93. The zero-order valence-corrected chi connectivity index (χ0v) is 34.8. The first-order valence-corrected chi connectivity index (χ1v) is 24.2. The summed E-state index contributed by atoms with van der Waals surface area (Å²) >= 11 is -2.00. The number of nitrogens with one attached hydrogen (secondary N) is 1. The van der Waals surface area contributed by atoms with Crippen molar-refractivity contribution in [2.75, 3.05) is 42.8 Å². The summed E-state index contributed by atoms with van der Waals surface area (Å²) in [5, 5.41) is 18.9. The monoisotopic (exact) mass is 975 g/mol. The molecule has 0 aliphatic heterocycles. The van der Waals surface area contributed by atoms with E-state index >= 15 is 0 Å². The first kappa shape index (κ1) is 47.0. The van der Waals surface area contributed by atoms with Crippen molar-refractivity contribution in [1.29, 1.82) is 0 Å². The Kier molecular flexibility index (Phi) is 13.4. The van der Waals surface area contributed by atoms with Crippen LogP contribution in [0.2, 0.25) is 0 Å². The van der Waals surface area contributed by atoms with Crippen molar-refractivity contribution in [2.24, 2.45) is 10.2 Å². The minimum absolute atomic E-state index is 0.0193. The maximum atomic E-state index is 14.5. The molecule has 33 heteroatoms. The van der Waals surface area contributed by atoms with Gasteiger partial charge < -0.3 is 15.3 Å². The molecule has 0 bridgehead atoms. The van der Waals surface area contributed by atoms with Crippen LogP contribution in [0, 0.1) is 6.08 Å². The van der Waals surface area contributed by atoms with Crippen molar-refractivity contribution in [2.45, 2.75) is 19.6 Å². The number of fused-ring (bicyclic) bond motifs is 2. The molecule has 0 spiro atoms. The van der Waals surface area contributed by atoms with Crippen LogP contribution in [-0.2, 0) is 70.3 Å². The number of halogens is 1. The van der Waals surface area contributed by atoms with Gasteiger partial charge in [-0.2, -0.15) is 61.4 Å². The lowest BCUT2D eigenvalue weighted by atomic mass is 10.1. The Bertz CT molecular complexity index is 3230. The highest BCUT2D eigenvalue weighted by Gasteiger charge is 2.28. The summed E-state index contributed by atoms with van der Waals surface area (Å²) in [6, 6.07) is 6.52. The van der Waals surface area contributed by atoms with E-state index in [9.17, 15) is 74.0 Å². The number of hydrogen-bond acceptors (Lipinski definition) is 21. The number of aromatic hydroxyl groups is 1. The van der Waals surface area contributed by atoms with E-state index in [-0.39, 0.29) is 34.7 Å². The topological polar surface area (TPSA) is 406 Å². The Balaban J connectivity index is 1.49. The number of phenols is 1. The number of rotatable bonds is 17. The molecule has 1 atom stereocenters. The van der Waals surface area contributed by atoms with Crippen LogP contribution in [0.3, 0.4) is 0 Å². The number of anilines is 3. The molecular weight excluding hydrogens is 950 g/mol. The lowest BCUT2D eigenvalue weighted by molar-refractivity contribution is 0.212. The van der Waals surface area contributed by atoms with Crippen molar-refractivity contribution in [1.82, 2.24) is 15.0 Å². The molecule has 1 unspecified atom stereocenters. The smallest absolute Gasteiger partial charge is 0.397 e. The molecule has 0 amide bonds. The van der Waals surface area contributed by atoms with E-state index in [4.69, 9.17) is 8.74 Å². The van der Waals surface area contributed by atoms with Crippen LogP contribution >= 0.6 is 0 Å². The second-order valence-electron chi connectivity index (χ2n) is 11.9. The average Bonchev–Trinajstić information content (AvgIpc) is 3.12. The third-order valence-corrected chi connectivity index (χ3v) is 12.7. The van der Waals surface area contributed by atoms with E-state index in [1.807, 2.05) is 0 Å². The van der Waals surface area contributed by atoms with Gasteiger partial charge in [-0.3, -0.25) is 26.9 Å². The van der Waals surface area contributed by atoms with Crippen LogP contribution in [-0.4, -0.2) is 122 Å². The molecule has 26 nitrogen and oxygen atoms in total. The molecule has 4 aromatic carbocycles. The Labute approximate surface area is 345 Å². The Morgan fingerprint density at radius 3 is 2.02 bits per heavy atom. The number of aromatic nitrogens is 3. The molecule has 5 aromatic rings. The molecule has 1 heterocycles. The van der Waals surface area contributed by atoms with Gasteiger partial charge in [0.05, 0.1) is 23.9 Å². The highest BCUT2D eigenvalue weighted by Crippen LogP contribution is 2.44. The van der Waals surface area contributed by atoms with E-state index in [1.165, 1.54) is 24.1 Å². The molecule has 330 valence electrons. The first-order chi connectivity index (χ1) is 28.0. The fraction of sp³-hybridized carbons (Fsp3) is 0.179. The van der Waals surface area contributed by atoms with Gasteiger partial charge in [-0.15, -0.1) is 10.2 Å². The molecular formula is C28H26FN7O19S6. The van der Waals surface area contributed by atoms with E-state index in [0.717, 1.165) is 18.2 Å². The molecule has 0 saturated carbocycles. The normalized spacial score (nSPS) is 13.6. The van der Waals surface area contributed by atoms with Gasteiger partial charge in [0.1, 0.15) is 26.1 Å². The van der Waals surface area contributed by atoms with E-state index in [1.54, 1.807) is 0 Å². The van der Waals surface area contributed by atoms with Gasteiger partial charge in [0.25, 0.3) is 40.5 Å². The highest BCUT2D eigenvalue weighted by molar-refractivity contribution is 7.87. The first-order valence-electron chi connectivity index (χ1n) is 15.8. The Hall–Kier alpha value is -5.04. The van der Waals surface area contributed by atoms with Gasteiger partial charge in [-0.1, -0.05) is 6.07 Å². The summed E-state index contributed by atoms with van der Waals surface area (Å²) in [6.45, 7) is -1.20. The van der Waals surface area contributed by atoms with Crippen molar-refractivity contribution >= 4 is 112 Å². The van der Waals surface area contributed by atoms with Crippen LogP contribution in [0.1, 0.15) is 0 Å². The maximum absolute atomic E-state index is 14.5. The lowest BCUT2D eigenvalue weighted by Crippen LogP contribution is -2.27. The second kappa shape index (κ2) is 17.4. The second-order valence-corrected chi connectivity index (χ2v) is 19.8. The van der Waals surface area contributed by atoms with Crippen LogP contribution in [0.5, 0.6) is 5.75 Å². The predicted molar refractivity (Wildman–Crippen MR) is 206 cm³/mol. The number of benzene rings is 4. The fourth-order valence-corrected chi connectivity index (χ4v) is 9.10. The van der Waals surface area contributed by atoms with E-state index < -0.39 is 135 Å². The van der Waals surface area contributed by atoms with Crippen LogP contribution < -0.4 is 10.2 Å². The van der Waals surface area contributed by atoms with Gasteiger partial charge in [-0.25, -0.2) is 8.39 Å². The molecule has 1 aromatic heterocycles. The molecule has 7 N–H and O–H groups in total. The minimum atomic E-state index is -5.55. The van der Waals surface area contributed by atoms with Crippen molar-refractivity contribution in [3.63, 3.8) is 0 Å². The van der Waals surface area contributed by atoms with Crippen LogP contribution in [0.15, 0.2) is 78.3 Å². The summed E-state index contributed by atoms with van der Waals surface area (Å²) in [4.78, 5) is 7.38. The molecule has 0 radical (unpaired) electrons. The number of hydrogen-bond donors (Lipinski definition) is 7. The molecule has 0 aliphatic carbocycles. The molecule has 61 heavy (non-hydrogen) atoms. The standard InChI is InChI=1S/C28H26FN7O19S6/c1-36(6-9-56(38)54-7-8-55-61(51,52)53)28-32-26(29)31-27(33-28)30-15-2-3-17-14(10-15)11-22(59(45,46)47)23(24(17)37)35-34-20-5-4-18-19(25(20)60(48,49)50)12-16(57(39,40)41)13-21(18)58(42,43)44/h2-5,10-13,37H,6-9H2,1H3,(H,39,40,41)(H,42,43,44)(H,45,46,47)(H,48,49,50)(H,51,52,53)(H,30,31,32,33). The predicted octanol–water partition coefficient (Wildman–Crippen LogP) is 2.10. The largest absolute Gasteiger partial charge is 0.505 e. The molecule has 0 aliphatic rings. The van der Waals surface area contributed by atoms with Gasteiger partial charge in [0.2, 0.25) is 11.9 Å².